The molecule has 1 aliphatic heterocycles. The van der Waals surface area contributed by atoms with Crippen molar-refractivity contribution in [2.75, 3.05) is 19.8 Å². The summed E-state index contributed by atoms with van der Waals surface area (Å²) < 4.78 is 5.42. The number of nitrogens with two attached hydrogens (primary N) is 1. The summed E-state index contributed by atoms with van der Waals surface area (Å²) in [5.74, 6) is 0.0481. The highest BCUT2D eigenvalue weighted by Gasteiger charge is 2.36. The molecule has 1 aliphatic carbocycles. The van der Waals surface area contributed by atoms with E-state index in [0.717, 1.165) is 19.3 Å². The minimum absolute atomic E-state index is 0.0150. The number of nitrogens with one attached hydrogen (secondary N) is 1. The molecule has 0 spiro atoms. The van der Waals surface area contributed by atoms with Gasteiger partial charge >= 0.3 is 0 Å². The smallest absolute Gasteiger partial charge is 0.239 e. The molecule has 2 aliphatic rings. The Morgan fingerprint density at radius 3 is 2.89 bits per heavy atom. The molecule has 18 heavy (non-hydrogen) atoms. The topological polar surface area (TPSA) is 67.6 Å². The van der Waals surface area contributed by atoms with Crippen LogP contribution in [0.2, 0.25) is 0 Å². The highest BCUT2D eigenvalue weighted by Crippen LogP contribution is 2.20. The van der Waals surface area contributed by atoms with Gasteiger partial charge in [-0.2, -0.15) is 0 Å². The van der Waals surface area contributed by atoms with Crippen LogP contribution in [0, 0.1) is 0 Å². The molecule has 1 saturated carbocycles. The van der Waals surface area contributed by atoms with Gasteiger partial charge in [0.15, 0.2) is 0 Å². The van der Waals surface area contributed by atoms with Crippen molar-refractivity contribution in [3.63, 3.8) is 0 Å². The minimum Gasteiger partial charge on any atom is -0.392 e. The Morgan fingerprint density at radius 2 is 2.33 bits per heavy atom. The zero-order chi connectivity index (χ0) is 13.1. The Balaban J connectivity index is 2.03. The SMILES string of the molecule is CCC(C(N)=S)N1CCOCC1C(=O)NC1CC1. The summed E-state index contributed by atoms with van der Waals surface area (Å²) >= 11 is 5.10. The van der Waals surface area contributed by atoms with E-state index in [1.807, 2.05) is 6.92 Å². The van der Waals surface area contributed by atoms with E-state index in [9.17, 15) is 4.79 Å². The predicted octanol–water partition coefficient (Wildman–Crippen LogP) is 0.0305. The minimum atomic E-state index is -0.259. The average Bonchev–Trinajstić information content (AvgIpc) is 3.14. The molecule has 0 bridgehead atoms. The van der Waals surface area contributed by atoms with Crippen molar-refractivity contribution in [3.8, 4) is 0 Å². The number of hydrogen-bond acceptors (Lipinski definition) is 4. The fourth-order valence-corrected chi connectivity index (χ4v) is 2.64. The molecular formula is C12H21N3O2S. The van der Waals surface area contributed by atoms with Crippen LogP contribution in [0.25, 0.3) is 0 Å². The van der Waals surface area contributed by atoms with Gasteiger partial charge < -0.3 is 15.8 Å². The highest BCUT2D eigenvalue weighted by molar-refractivity contribution is 7.80. The molecule has 2 unspecified atom stereocenters. The summed E-state index contributed by atoms with van der Waals surface area (Å²) in [6.07, 6.45) is 3.00. The lowest BCUT2D eigenvalue weighted by Gasteiger charge is -2.39. The fraction of sp³-hybridized carbons (Fsp3) is 0.833. The molecule has 2 atom stereocenters. The van der Waals surface area contributed by atoms with Crippen molar-refractivity contribution in [1.82, 2.24) is 10.2 Å². The third-order valence-electron chi connectivity index (χ3n) is 3.51. The first-order valence-corrected chi connectivity index (χ1v) is 6.97. The Hall–Kier alpha value is -0.720. The summed E-state index contributed by atoms with van der Waals surface area (Å²) in [5, 5.41) is 3.03. The second-order valence-corrected chi connectivity index (χ2v) is 5.41. The van der Waals surface area contributed by atoms with E-state index in [4.69, 9.17) is 22.7 Å². The molecule has 0 aromatic rings. The Labute approximate surface area is 113 Å². The number of hydrogen-bond donors (Lipinski definition) is 2. The second kappa shape index (κ2) is 5.95. The number of rotatable bonds is 5. The van der Waals surface area contributed by atoms with E-state index in [0.29, 0.717) is 30.8 Å². The van der Waals surface area contributed by atoms with Crippen molar-refractivity contribution in [2.24, 2.45) is 5.73 Å². The van der Waals surface area contributed by atoms with Crippen molar-refractivity contribution < 1.29 is 9.53 Å². The highest BCUT2D eigenvalue weighted by atomic mass is 32.1. The lowest BCUT2D eigenvalue weighted by molar-refractivity contribution is -0.133. The van der Waals surface area contributed by atoms with Crippen LogP contribution < -0.4 is 11.1 Å². The number of carbonyl (C=O) groups is 1. The quantitative estimate of drug-likeness (QED) is 0.691. The monoisotopic (exact) mass is 271 g/mol. The van der Waals surface area contributed by atoms with Crippen LogP contribution in [0.3, 0.4) is 0 Å². The summed E-state index contributed by atoms with van der Waals surface area (Å²) in [5.41, 5.74) is 5.77. The third kappa shape index (κ3) is 3.18. The van der Waals surface area contributed by atoms with Crippen molar-refractivity contribution in [3.05, 3.63) is 0 Å². The first-order chi connectivity index (χ1) is 8.63. The molecule has 102 valence electrons. The molecular weight excluding hydrogens is 250 g/mol. The third-order valence-corrected chi connectivity index (χ3v) is 3.78. The normalized spacial score (nSPS) is 26.6. The molecule has 1 saturated heterocycles. The summed E-state index contributed by atoms with van der Waals surface area (Å²) in [4.78, 5) is 14.7. The largest absolute Gasteiger partial charge is 0.392 e. The standard InChI is InChI=1S/C12H21N3O2S/c1-2-9(11(13)18)15-5-6-17-7-10(15)12(16)14-8-3-4-8/h8-10H,2-7H2,1H3,(H2,13,18)(H,14,16). The average molecular weight is 271 g/mol. The van der Waals surface area contributed by atoms with Gasteiger partial charge in [-0.3, -0.25) is 9.69 Å². The molecule has 1 amide bonds. The number of carbonyl (C=O) groups excluding carboxylic acids is 1. The molecule has 0 radical (unpaired) electrons. The van der Waals surface area contributed by atoms with E-state index in [1.54, 1.807) is 0 Å². The maximum Gasteiger partial charge on any atom is 0.239 e. The van der Waals surface area contributed by atoms with Gasteiger partial charge in [0.2, 0.25) is 5.91 Å². The van der Waals surface area contributed by atoms with Gasteiger partial charge in [-0.1, -0.05) is 19.1 Å². The zero-order valence-electron chi connectivity index (χ0n) is 10.7. The molecule has 6 heteroatoms. The van der Waals surface area contributed by atoms with Crippen LogP contribution in [-0.4, -0.2) is 53.7 Å². The van der Waals surface area contributed by atoms with Gasteiger partial charge in [0.25, 0.3) is 0 Å². The first-order valence-electron chi connectivity index (χ1n) is 6.56. The van der Waals surface area contributed by atoms with E-state index in [1.165, 1.54) is 0 Å². The molecule has 1 heterocycles. The van der Waals surface area contributed by atoms with Crippen molar-refractivity contribution >= 4 is 23.1 Å². The van der Waals surface area contributed by atoms with Crippen LogP contribution in [0.15, 0.2) is 0 Å². The van der Waals surface area contributed by atoms with Gasteiger partial charge in [-0.05, 0) is 19.3 Å². The number of thiocarbonyl (C=S) groups is 1. The first kappa shape index (κ1) is 13.7. The fourth-order valence-electron chi connectivity index (χ4n) is 2.34. The van der Waals surface area contributed by atoms with Gasteiger partial charge in [0, 0.05) is 12.6 Å². The molecule has 5 nitrogen and oxygen atoms in total. The number of nitrogens with zero attached hydrogens (tertiary/aromatic N) is 1. The maximum absolute atomic E-state index is 12.2. The van der Waals surface area contributed by atoms with Crippen molar-refractivity contribution in [2.45, 2.75) is 44.3 Å². The Bertz CT molecular complexity index is 333. The van der Waals surface area contributed by atoms with Gasteiger partial charge in [-0.15, -0.1) is 0 Å². The van der Waals surface area contributed by atoms with Crippen LogP contribution in [0.1, 0.15) is 26.2 Å². The summed E-state index contributed by atoms with van der Waals surface area (Å²) in [6.45, 7) is 3.80. The molecule has 2 fully saturated rings. The Morgan fingerprint density at radius 1 is 1.61 bits per heavy atom. The Kier molecular flexibility index (Phi) is 4.53. The molecule has 0 aromatic carbocycles. The van der Waals surface area contributed by atoms with E-state index < -0.39 is 0 Å². The van der Waals surface area contributed by atoms with Crippen LogP contribution in [0.5, 0.6) is 0 Å². The second-order valence-electron chi connectivity index (χ2n) is 4.94. The molecule has 3 N–H and O–H groups in total. The number of ether oxygens (including phenoxy) is 1. The van der Waals surface area contributed by atoms with Crippen LogP contribution >= 0.6 is 12.2 Å². The zero-order valence-corrected chi connectivity index (χ0v) is 11.5. The number of amides is 1. The van der Waals surface area contributed by atoms with E-state index in [-0.39, 0.29) is 18.0 Å². The molecule has 0 aromatic heterocycles. The lowest BCUT2D eigenvalue weighted by Crippen LogP contribution is -2.59. The van der Waals surface area contributed by atoms with Crippen molar-refractivity contribution in [1.29, 1.82) is 0 Å². The number of morpholine rings is 1. The van der Waals surface area contributed by atoms with E-state index >= 15 is 0 Å². The van der Waals surface area contributed by atoms with Crippen LogP contribution in [0.4, 0.5) is 0 Å². The predicted molar refractivity (Wildman–Crippen MR) is 73.3 cm³/mol. The van der Waals surface area contributed by atoms with Crippen LogP contribution in [-0.2, 0) is 9.53 Å². The maximum atomic E-state index is 12.2. The van der Waals surface area contributed by atoms with Gasteiger partial charge in [-0.25, -0.2) is 0 Å². The summed E-state index contributed by atoms with van der Waals surface area (Å²) in [6, 6.07) is 0.0934. The lowest BCUT2D eigenvalue weighted by atomic mass is 10.1. The van der Waals surface area contributed by atoms with Gasteiger partial charge in [0.05, 0.1) is 24.2 Å². The van der Waals surface area contributed by atoms with E-state index in [2.05, 4.69) is 10.2 Å². The molecule has 2 rings (SSSR count). The summed E-state index contributed by atoms with van der Waals surface area (Å²) in [7, 11) is 0. The van der Waals surface area contributed by atoms with Gasteiger partial charge in [0.1, 0.15) is 6.04 Å².